The van der Waals surface area contributed by atoms with E-state index in [0.717, 1.165) is 43.4 Å². The molecule has 7 nitrogen and oxygen atoms in total. The number of sulfonamides is 1. The molecule has 1 aliphatic rings. The predicted octanol–water partition coefficient (Wildman–Crippen LogP) is 2.53. The summed E-state index contributed by atoms with van der Waals surface area (Å²) in [5.41, 5.74) is 1.42. The largest absolute Gasteiger partial charge is 0.369 e. The van der Waals surface area contributed by atoms with Crippen LogP contribution in [0.5, 0.6) is 0 Å². The maximum absolute atomic E-state index is 12.5. The summed E-state index contributed by atoms with van der Waals surface area (Å²) in [5, 5.41) is 3.08. The van der Waals surface area contributed by atoms with E-state index in [1.54, 1.807) is 0 Å². The van der Waals surface area contributed by atoms with Crippen molar-refractivity contribution in [3.63, 3.8) is 0 Å². The Morgan fingerprint density at radius 2 is 1.74 bits per heavy atom. The van der Waals surface area contributed by atoms with Crippen molar-refractivity contribution in [1.29, 1.82) is 0 Å². The molecule has 2 aromatic carbocycles. The molecule has 0 unspecified atom stereocenters. The minimum atomic E-state index is -3.63. The van der Waals surface area contributed by atoms with Gasteiger partial charge in [-0.2, -0.15) is 0 Å². The number of para-hydroxylation sites is 1. The SMILES string of the molecule is CN(C)S(=O)(=O)c1ccc(Cl)c(C(=O)NCCCN2CCN(c3ccccc3)CC2)c1. The summed E-state index contributed by atoms with van der Waals surface area (Å²) in [6.45, 7) is 5.33. The number of nitrogens with zero attached hydrogens (tertiary/aromatic N) is 3. The summed E-state index contributed by atoms with van der Waals surface area (Å²) < 4.78 is 25.7. The third kappa shape index (κ3) is 5.98. The minimum absolute atomic E-state index is 0.0448. The van der Waals surface area contributed by atoms with Crippen LogP contribution < -0.4 is 10.2 Å². The molecule has 1 fully saturated rings. The van der Waals surface area contributed by atoms with E-state index in [4.69, 9.17) is 11.6 Å². The second-order valence-corrected chi connectivity index (χ2v) is 10.3. The number of anilines is 1. The van der Waals surface area contributed by atoms with Crippen LogP contribution in [-0.4, -0.2) is 76.9 Å². The Labute approximate surface area is 189 Å². The maximum atomic E-state index is 12.5. The summed E-state index contributed by atoms with van der Waals surface area (Å²) in [7, 11) is -0.734. The van der Waals surface area contributed by atoms with Gasteiger partial charge in [0.1, 0.15) is 0 Å². The average Bonchev–Trinajstić information content (AvgIpc) is 2.77. The Morgan fingerprint density at radius 3 is 2.39 bits per heavy atom. The summed E-state index contributed by atoms with van der Waals surface area (Å²) in [4.78, 5) is 17.4. The van der Waals surface area contributed by atoms with Gasteiger partial charge >= 0.3 is 0 Å². The number of piperazine rings is 1. The van der Waals surface area contributed by atoms with Crippen molar-refractivity contribution >= 4 is 33.2 Å². The fourth-order valence-electron chi connectivity index (χ4n) is 3.52. The first kappa shape index (κ1) is 23.5. The van der Waals surface area contributed by atoms with Crippen LogP contribution in [0.25, 0.3) is 0 Å². The molecule has 1 saturated heterocycles. The highest BCUT2D eigenvalue weighted by molar-refractivity contribution is 7.89. The minimum Gasteiger partial charge on any atom is -0.369 e. The number of benzene rings is 2. The van der Waals surface area contributed by atoms with Crippen molar-refractivity contribution < 1.29 is 13.2 Å². The number of carbonyl (C=O) groups excluding carboxylic acids is 1. The Morgan fingerprint density at radius 1 is 1.06 bits per heavy atom. The summed E-state index contributed by atoms with van der Waals surface area (Å²) in [5.74, 6) is -0.366. The molecule has 0 aromatic heterocycles. The van der Waals surface area contributed by atoms with Gasteiger partial charge in [0.2, 0.25) is 10.0 Å². The molecule has 3 rings (SSSR count). The number of hydrogen-bond donors (Lipinski definition) is 1. The van der Waals surface area contributed by atoms with Crippen LogP contribution in [0.4, 0.5) is 5.69 Å². The molecular weight excluding hydrogens is 436 g/mol. The second-order valence-electron chi connectivity index (χ2n) is 7.70. The Kier molecular flexibility index (Phi) is 7.94. The molecule has 9 heteroatoms. The third-order valence-corrected chi connectivity index (χ3v) is 7.53. The molecular formula is C22H29ClN4O3S. The van der Waals surface area contributed by atoms with Crippen LogP contribution in [0.3, 0.4) is 0 Å². The van der Waals surface area contributed by atoms with E-state index < -0.39 is 10.0 Å². The van der Waals surface area contributed by atoms with Gasteiger partial charge in [0.15, 0.2) is 0 Å². The number of rotatable bonds is 8. The molecule has 1 heterocycles. The number of nitrogens with one attached hydrogen (secondary N) is 1. The molecule has 2 aromatic rings. The highest BCUT2D eigenvalue weighted by Crippen LogP contribution is 2.22. The quantitative estimate of drug-likeness (QED) is 0.608. The first-order valence-corrected chi connectivity index (χ1v) is 12.1. The molecule has 0 spiro atoms. The lowest BCUT2D eigenvalue weighted by molar-refractivity contribution is 0.0951. The van der Waals surface area contributed by atoms with Gasteiger partial charge in [-0.15, -0.1) is 0 Å². The topological polar surface area (TPSA) is 73.0 Å². The molecule has 0 saturated carbocycles. The van der Waals surface area contributed by atoms with Crippen LogP contribution in [-0.2, 0) is 10.0 Å². The molecule has 0 bridgehead atoms. The summed E-state index contributed by atoms with van der Waals surface area (Å²) in [6, 6.07) is 14.6. The molecule has 168 valence electrons. The number of amides is 1. The normalized spacial score (nSPS) is 15.3. The lowest BCUT2D eigenvalue weighted by Crippen LogP contribution is -2.47. The van der Waals surface area contributed by atoms with Crippen LogP contribution in [0, 0.1) is 0 Å². The van der Waals surface area contributed by atoms with E-state index in [1.807, 2.05) is 6.07 Å². The fraction of sp³-hybridized carbons (Fsp3) is 0.409. The smallest absolute Gasteiger partial charge is 0.252 e. The first-order chi connectivity index (χ1) is 14.8. The number of hydrogen-bond acceptors (Lipinski definition) is 5. The van der Waals surface area contributed by atoms with E-state index in [0.29, 0.717) is 6.54 Å². The molecule has 31 heavy (non-hydrogen) atoms. The molecule has 0 radical (unpaired) electrons. The standard InChI is InChI=1S/C22H29ClN4O3S/c1-25(2)31(29,30)19-9-10-21(23)20(17-19)22(28)24-11-6-12-26-13-15-27(16-14-26)18-7-4-3-5-8-18/h3-5,7-10,17H,6,11-16H2,1-2H3,(H,24,28). The second kappa shape index (κ2) is 10.5. The monoisotopic (exact) mass is 464 g/mol. The highest BCUT2D eigenvalue weighted by atomic mass is 35.5. The van der Waals surface area contributed by atoms with Crippen LogP contribution in [0.15, 0.2) is 53.4 Å². The summed E-state index contributed by atoms with van der Waals surface area (Å²) >= 11 is 6.14. The molecule has 0 aliphatic carbocycles. The molecule has 1 amide bonds. The Balaban J connectivity index is 1.46. The summed E-state index contributed by atoms with van der Waals surface area (Å²) in [6.07, 6.45) is 0.810. The number of halogens is 1. The van der Waals surface area contributed by atoms with Gasteiger partial charge < -0.3 is 10.2 Å². The van der Waals surface area contributed by atoms with Gasteiger partial charge in [-0.25, -0.2) is 12.7 Å². The van der Waals surface area contributed by atoms with Gasteiger partial charge in [-0.05, 0) is 43.3 Å². The van der Waals surface area contributed by atoms with Crippen molar-refractivity contribution in [1.82, 2.24) is 14.5 Å². The van der Waals surface area contributed by atoms with E-state index in [-0.39, 0.29) is 21.4 Å². The van der Waals surface area contributed by atoms with Gasteiger partial charge in [-0.1, -0.05) is 29.8 Å². The number of carbonyl (C=O) groups is 1. The van der Waals surface area contributed by atoms with E-state index in [9.17, 15) is 13.2 Å². The third-order valence-electron chi connectivity index (χ3n) is 5.39. The average molecular weight is 465 g/mol. The molecule has 1 aliphatic heterocycles. The molecule has 0 atom stereocenters. The fourth-order valence-corrected chi connectivity index (χ4v) is 4.65. The van der Waals surface area contributed by atoms with Gasteiger partial charge in [0.25, 0.3) is 5.91 Å². The lowest BCUT2D eigenvalue weighted by Gasteiger charge is -2.36. The van der Waals surface area contributed by atoms with Crippen molar-refractivity contribution in [3.05, 3.63) is 59.1 Å². The van der Waals surface area contributed by atoms with Crippen molar-refractivity contribution in [2.75, 3.05) is 58.3 Å². The zero-order valence-corrected chi connectivity index (χ0v) is 19.5. The highest BCUT2D eigenvalue weighted by Gasteiger charge is 2.21. The molecule has 1 N–H and O–H groups in total. The van der Waals surface area contributed by atoms with E-state index in [1.165, 1.54) is 38.0 Å². The Hall–Kier alpha value is -2.13. The van der Waals surface area contributed by atoms with Gasteiger partial charge in [0.05, 0.1) is 15.5 Å². The van der Waals surface area contributed by atoms with Crippen LogP contribution in [0.2, 0.25) is 5.02 Å². The van der Waals surface area contributed by atoms with Crippen LogP contribution in [0.1, 0.15) is 16.8 Å². The zero-order chi connectivity index (χ0) is 22.4. The maximum Gasteiger partial charge on any atom is 0.252 e. The van der Waals surface area contributed by atoms with E-state index >= 15 is 0 Å². The first-order valence-electron chi connectivity index (χ1n) is 10.3. The Bertz CT molecular complexity index is 991. The van der Waals surface area contributed by atoms with Crippen molar-refractivity contribution in [2.24, 2.45) is 0 Å². The lowest BCUT2D eigenvalue weighted by atomic mass is 10.2. The van der Waals surface area contributed by atoms with E-state index in [2.05, 4.69) is 39.4 Å². The van der Waals surface area contributed by atoms with Crippen molar-refractivity contribution in [3.8, 4) is 0 Å². The predicted molar refractivity (Wildman–Crippen MR) is 124 cm³/mol. The van der Waals surface area contributed by atoms with Crippen LogP contribution >= 0.6 is 11.6 Å². The van der Waals surface area contributed by atoms with Gasteiger partial charge in [0, 0.05) is 52.5 Å². The van der Waals surface area contributed by atoms with Gasteiger partial charge in [-0.3, -0.25) is 9.69 Å². The zero-order valence-electron chi connectivity index (χ0n) is 17.9. The van der Waals surface area contributed by atoms with Crippen molar-refractivity contribution in [2.45, 2.75) is 11.3 Å².